The molecule has 0 atom stereocenters. The fourth-order valence-corrected chi connectivity index (χ4v) is 4.57. The Balaban J connectivity index is 2.51. The Morgan fingerprint density at radius 1 is 1.19 bits per heavy atom. The van der Waals surface area contributed by atoms with Crippen molar-refractivity contribution in [3.8, 4) is 0 Å². The lowest BCUT2D eigenvalue weighted by Gasteiger charge is -2.11. The molecule has 8 nitrogen and oxygen atoms in total. The number of nitrogens with zero attached hydrogens (tertiary/aromatic N) is 3. The Morgan fingerprint density at radius 2 is 1.81 bits per heavy atom. The molecule has 10 heteroatoms. The van der Waals surface area contributed by atoms with Gasteiger partial charge in [-0.15, -0.1) is 0 Å². The number of aromatic nitrogens is 2. The average molecular weight is 399 g/mol. The third-order valence-electron chi connectivity index (χ3n) is 3.59. The van der Waals surface area contributed by atoms with E-state index in [1.54, 1.807) is 30.7 Å². The lowest BCUT2D eigenvalue weighted by Crippen LogP contribution is -2.17. The van der Waals surface area contributed by atoms with Crippen molar-refractivity contribution in [2.45, 2.75) is 32.2 Å². The minimum atomic E-state index is -3.96. The molecule has 1 heterocycles. The summed E-state index contributed by atoms with van der Waals surface area (Å²) >= 11 is 0. The normalized spacial score (nSPS) is 12.0. The second-order valence-electron chi connectivity index (χ2n) is 6.04. The first kappa shape index (κ1) is 20.1. The van der Waals surface area contributed by atoms with Crippen molar-refractivity contribution in [2.75, 3.05) is 17.2 Å². The van der Waals surface area contributed by atoms with Gasteiger partial charge >= 0.3 is 0 Å². The number of nitrogens with one attached hydrogen (secondary N) is 1. The third-order valence-corrected chi connectivity index (χ3v) is 5.81. The molecule has 0 fully saturated rings. The molecule has 2 aromatic rings. The maximum absolute atomic E-state index is 12.9. The van der Waals surface area contributed by atoms with Crippen molar-refractivity contribution in [3.63, 3.8) is 0 Å². The van der Waals surface area contributed by atoms with Crippen molar-refractivity contribution >= 4 is 31.3 Å². The predicted octanol–water partition coefficient (Wildman–Crippen LogP) is 2.19. The van der Waals surface area contributed by atoms with E-state index in [1.165, 1.54) is 24.6 Å². The summed E-state index contributed by atoms with van der Waals surface area (Å²) in [6, 6.07) is 6.07. The molecule has 0 radical (unpaired) electrons. The van der Waals surface area contributed by atoms with E-state index in [-0.39, 0.29) is 16.1 Å². The molecule has 1 aromatic carbocycles. The van der Waals surface area contributed by atoms with Gasteiger partial charge in [0, 0.05) is 28.8 Å². The molecule has 0 saturated heterocycles. The van der Waals surface area contributed by atoms with Gasteiger partial charge in [0.2, 0.25) is 0 Å². The Bertz CT molecular complexity index is 1070. The van der Waals surface area contributed by atoms with Gasteiger partial charge in [-0.1, -0.05) is 12.1 Å². The minimum absolute atomic E-state index is 0.0330. The molecule has 26 heavy (non-hydrogen) atoms. The zero-order chi connectivity index (χ0) is 19.7. The maximum atomic E-state index is 12.9. The highest BCUT2D eigenvalue weighted by atomic mass is 32.2. The number of amides is 1. The monoisotopic (exact) mass is 398 g/mol. The summed E-state index contributed by atoms with van der Waals surface area (Å²) in [7, 11) is -6.62. The molecule has 0 aliphatic heterocycles. The first-order chi connectivity index (χ1) is 12.0. The van der Waals surface area contributed by atoms with Gasteiger partial charge in [-0.3, -0.25) is 14.2 Å². The number of benzene rings is 1. The smallest absolute Gasteiger partial charge is 0.279 e. The summed E-state index contributed by atoms with van der Waals surface area (Å²) in [5, 5.41) is 4.22. The van der Waals surface area contributed by atoms with Crippen LogP contribution in [0.4, 0.5) is 5.69 Å². The van der Waals surface area contributed by atoms with Crippen LogP contribution >= 0.6 is 0 Å². The summed E-state index contributed by atoms with van der Waals surface area (Å²) in [5.41, 5.74) is 0.991. The van der Waals surface area contributed by atoms with Crippen molar-refractivity contribution in [1.29, 1.82) is 0 Å². The lowest BCUT2D eigenvalue weighted by atomic mass is 10.2. The van der Waals surface area contributed by atoms with Gasteiger partial charge in [0.1, 0.15) is 4.90 Å². The molecule has 142 valence electrons. The zero-order valence-corrected chi connectivity index (χ0v) is 16.9. The first-order valence-electron chi connectivity index (χ1n) is 7.83. The molecular weight excluding hydrogens is 376 g/mol. The van der Waals surface area contributed by atoms with Gasteiger partial charge in [-0.05, 0) is 32.9 Å². The molecule has 1 N–H and O–H groups in total. The van der Waals surface area contributed by atoms with E-state index in [0.717, 1.165) is 0 Å². The molecule has 2 rings (SSSR count). The van der Waals surface area contributed by atoms with E-state index in [2.05, 4.69) is 14.2 Å². The standard InChI is InChI=1S/C16H22N4O4S2/c1-6-20-12(3)15(11(2)17-20)26(23,24)18-14-10-8-7-9-13(14)16(21)19-25(4,5)22/h7-10,18H,6H2,1-5H3. The number of anilines is 1. The van der Waals surface area contributed by atoms with Crippen LogP contribution in [0.2, 0.25) is 0 Å². The number of hydrogen-bond acceptors (Lipinski definition) is 5. The van der Waals surface area contributed by atoms with Gasteiger partial charge in [-0.2, -0.15) is 9.46 Å². The van der Waals surface area contributed by atoms with Crippen LogP contribution in [0.3, 0.4) is 0 Å². The number of sulfonamides is 1. The topological polar surface area (TPSA) is 110 Å². The van der Waals surface area contributed by atoms with Crippen LogP contribution in [0.25, 0.3) is 0 Å². The van der Waals surface area contributed by atoms with Crippen molar-refractivity contribution in [1.82, 2.24) is 9.78 Å². The van der Waals surface area contributed by atoms with E-state index in [4.69, 9.17) is 0 Å². The molecule has 0 aliphatic rings. The summed E-state index contributed by atoms with van der Waals surface area (Å²) in [6.45, 7) is 5.69. The second kappa shape index (κ2) is 7.20. The Labute approximate surface area is 153 Å². The SMILES string of the molecule is CCn1nc(C)c(S(=O)(=O)Nc2ccccc2C(=O)N=S(C)(C)=O)c1C. The second-order valence-corrected chi connectivity index (χ2v) is 10.2. The van der Waals surface area contributed by atoms with E-state index in [9.17, 15) is 17.4 Å². The highest BCUT2D eigenvalue weighted by Gasteiger charge is 2.26. The fraction of sp³-hybridized carbons (Fsp3) is 0.375. The molecular formula is C16H22N4O4S2. The van der Waals surface area contributed by atoms with Gasteiger partial charge in [0.25, 0.3) is 15.9 Å². The number of carbonyl (C=O) groups excluding carboxylic acids is 1. The van der Waals surface area contributed by atoms with Crippen molar-refractivity contribution < 1.29 is 17.4 Å². The third kappa shape index (κ3) is 4.31. The summed E-state index contributed by atoms with van der Waals surface area (Å²) < 4.78 is 45.2. The summed E-state index contributed by atoms with van der Waals surface area (Å²) in [4.78, 5) is 12.4. The summed E-state index contributed by atoms with van der Waals surface area (Å²) in [5.74, 6) is -0.740. The highest BCUT2D eigenvalue weighted by molar-refractivity contribution is 7.93. The van der Waals surface area contributed by atoms with Crippen LogP contribution in [0, 0.1) is 13.8 Å². The van der Waals surface area contributed by atoms with Crippen molar-refractivity contribution in [3.05, 3.63) is 41.2 Å². The Kier molecular flexibility index (Phi) is 5.57. The van der Waals surface area contributed by atoms with E-state index in [0.29, 0.717) is 17.9 Å². The van der Waals surface area contributed by atoms with Crippen LogP contribution in [0.1, 0.15) is 28.7 Å². The number of carbonyl (C=O) groups is 1. The van der Waals surface area contributed by atoms with Gasteiger partial charge < -0.3 is 0 Å². The number of aryl methyl sites for hydroxylation is 2. The van der Waals surface area contributed by atoms with Crippen LogP contribution in [-0.4, -0.2) is 40.8 Å². The summed E-state index contributed by atoms with van der Waals surface area (Å²) in [6.07, 6.45) is 2.67. The van der Waals surface area contributed by atoms with E-state index in [1.807, 2.05) is 6.92 Å². The number of rotatable bonds is 5. The van der Waals surface area contributed by atoms with E-state index >= 15 is 0 Å². The fourth-order valence-electron chi connectivity index (χ4n) is 2.58. The van der Waals surface area contributed by atoms with Crippen LogP contribution in [0.5, 0.6) is 0 Å². The van der Waals surface area contributed by atoms with Gasteiger partial charge in [0.05, 0.1) is 22.6 Å². The number of para-hydroxylation sites is 1. The van der Waals surface area contributed by atoms with Crippen molar-refractivity contribution in [2.24, 2.45) is 4.36 Å². The lowest BCUT2D eigenvalue weighted by molar-refractivity contribution is 0.101. The van der Waals surface area contributed by atoms with Crippen LogP contribution in [0.15, 0.2) is 33.5 Å². The highest BCUT2D eigenvalue weighted by Crippen LogP contribution is 2.25. The molecule has 0 spiro atoms. The van der Waals surface area contributed by atoms with Gasteiger partial charge in [0.15, 0.2) is 0 Å². The molecule has 0 bridgehead atoms. The van der Waals surface area contributed by atoms with Crippen LogP contribution < -0.4 is 4.72 Å². The Morgan fingerprint density at radius 3 is 2.35 bits per heavy atom. The zero-order valence-electron chi connectivity index (χ0n) is 15.3. The molecule has 0 aliphatic carbocycles. The van der Waals surface area contributed by atoms with Gasteiger partial charge in [-0.25, -0.2) is 12.6 Å². The predicted molar refractivity (Wildman–Crippen MR) is 101 cm³/mol. The minimum Gasteiger partial charge on any atom is -0.279 e. The van der Waals surface area contributed by atoms with E-state index < -0.39 is 25.7 Å². The quantitative estimate of drug-likeness (QED) is 0.830. The molecule has 1 aromatic heterocycles. The molecule has 0 unspecified atom stereocenters. The van der Waals surface area contributed by atoms with Crippen LogP contribution in [-0.2, 0) is 26.3 Å². The Hall–Kier alpha value is -2.20. The first-order valence-corrected chi connectivity index (χ1v) is 11.6. The number of hydrogen-bond donors (Lipinski definition) is 1. The molecule has 0 saturated carbocycles. The average Bonchev–Trinajstić information content (AvgIpc) is 2.80. The largest absolute Gasteiger partial charge is 0.287 e. The maximum Gasteiger partial charge on any atom is 0.287 e. The molecule has 1 amide bonds.